The van der Waals surface area contributed by atoms with Gasteiger partial charge in [0.1, 0.15) is 6.04 Å². The minimum Gasteiger partial charge on any atom is -0.464 e. The molecule has 0 aliphatic carbocycles. The second-order valence-electron chi connectivity index (χ2n) is 5.94. The van der Waals surface area contributed by atoms with Crippen LogP contribution in [-0.2, 0) is 9.53 Å². The highest BCUT2D eigenvalue weighted by Crippen LogP contribution is 2.21. The van der Waals surface area contributed by atoms with Crippen LogP contribution in [0.1, 0.15) is 35.8 Å². The van der Waals surface area contributed by atoms with Crippen LogP contribution in [0.4, 0.5) is 0 Å². The van der Waals surface area contributed by atoms with Crippen LogP contribution in [0.2, 0.25) is 0 Å². The Labute approximate surface area is 155 Å². The van der Waals surface area contributed by atoms with Crippen LogP contribution in [0.3, 0.4) is 0 Å². The summed E-state index contributed by atoms with van der Waals surface area (Å²) in [6.45, 7) is 5.76. The van der Waals surface area contributed by atoms with Gasteiger partial charge in [-0.1, -0.05) is 41.2 Å². The van der Waals surface area contributed by atoms with Gasteiger partial charge in [-0.05, 0) is 45.0 Å². The van der Waals surface area contributed by atoms with E-state index in [1.165, 1.54) is 11.3 Å². The van der Waals surface area contributed by atoms with Gasteiger partial charge in [-0.2, -0.15) is 4.99 Å². The van der Waals surface area contributed by atoms with Gasteiger partial charge < -0.3 is 9.30 Å². The second-order valence-corrected chi connectivity index (χ2v) is 6.95. The number of fused-ring (bicyclic) bond motifs is 1. The van der Waals surface area contributed by atoms with Crippen LogP contribution in [0.5, 0.6) is 0 Å². The molecular formula is C20H20N2O3S. The molecule has 0 radical (unpaired) electrons. The molecule has 0 aliphatic rings. The molecule has 0 bridgehead atoms. The van der Waals surface area contributed by atoms with E-state index >= 15 is 0 Å². The highest BCUT2D eigenvalue weighted by Gasteiger charge is 2.21. The first kappa shape index (κ1) is 18.1. The Kier molecular flexibility index (Phi) is 5.32. The number of aryl methyl sites for hydroxylation is 1. The minimum atomic E-state index is -0.574. The van der Waals surface area contributed by atoms with E-state index in [0.29, 0.717) is 17.0 Å². The van der Waals surface area contributed by atoms with Crippen molar-refractivity contribution in [1.82, 2.24) is 4.57 Å². The first-order chi connectivity index (χ1) is 12.5. The molecule has 5 nitrogen and oxygen atoms in total. The maximum absolute atomic E-state index is 12.6. The third-order valence-corrected chi connectivity index (χ3v) is 5.05. The lowest BCUT2D eigenvalue weighted by Crippen LogP contribution is -2.27. The fourth-order valence-electron chi connectivity index (χ4n) is 2.74. The molecule has 3 rings (SSSR count). The molecule has 0 N–H and O–H groups in total. The molecule has 1 unspecified atom stereocenters. The van der Waals surface area contributed by atoms with Crippen molar-refractivity contribution >= 4 is 33.4 Å². The molecule has 26 heavy (non-hydrogen) atoms. The van der Waals surface area contributed by atoms with E-state index in [4.69, 9.17) is 4.74 Å². The molecule has 0 fully saturated rings. The molecule has 0 aliphatic heterocycles. The highest BCUT2D eigenvalue weighted by molar-refractivity contribution is 7.16. The summed E-state index contributed by atoms with van der Waals surface area (Å²) in [7, 11) is 0. The Morgan fingerprint density at radius 3 is 2.69 bits per heavy atom. The number of aromatic nitrogens is 1. The summed E-state index contributed by atoms with van der Waals surface area (Å²) in [6.07, 6.45) is 0. The summed E-state index contributed by atoms with van der Waals surface area (Å²) in [4.78, 5) is 29.7. The number of thiazole rings is 1. The molecule has 0 saturated carbocycles. The second kappa shape index (κ2) is 7.66. The van der Waals surface area contributed by atoms with Crippen LogP contribution in [0, 0.1) is 6.92 Å². The number of carbonyl (C=O) groups excluding carboxylic acids is 2. The summed E-state index contributed by atoms with van der Waals surface area (Å²) >= 11 is 1.38. The average Bonchev–Trinajstić information content (AvgIpc) is 2.99. The molecule has 0 spiro atoms. The van der Waals surface area contributed by atoms with Crippen LogP contribution in [-0.4, -0.2) is 23.1 Å². The Hall–Kier alpha value is -2.73. The third kappa shape index (κ3) is 3.60. The van der Waals surface area contributed by atoms with Crippen molar-refractivity contribution < 1.29 is 14.3 Å². The van der Waals surface area contributed by atoms with Gasteiger partial charge in [0.2, 0.25) is 0 Å². The minimum absolute atomic E-state index is 0.306. The zero-order valence-corrected chi connectivity index (χ0v) is 15.7. The molecule has 1 amide bonds. The maximum atomic E-state index is 12.6. The quantitative estimate of drug-likeness (QED) is 0.657. The predicted molar refractivity (Wildman–Crippen MR) is 102 cm³/mol. The molecule has 134 valence electrons. The number of rotatable bonds is 4. The molecule has 3 aromatic rings. The Morgan fingerprint density at radius 1 is 1.19 bits per heavy atom. The maximum Gasteiger partial charge on any atom is 0.328 e. The van der Waals surface area contributed by atoms with Crippen molar-refractivity contribution in [1.29, 1.82) is 0 Å². The van der Waals surface area contributed by atoms with Crippen molar-refractivity contribution in [2.75, 3.05) is 6.61 Å². The van der Waals surface area contributed by atoms with Crippen molar-refractivity contribution in [3.8, 4) is 0 Å². The number of amides is 1. The van der Waals surface area contributed by atoms with E-state index in [1.54, 1.807) is 30.5 Å². The normalized spacial score (nSPS) is 13.0. The van der Waals surface area contributed by atoms with Gasteiger partial charge in [0, 0.05) is 5.56 Å². The zero-order chi connectivity index (χ0) is 18.7. The Balaban J connectivity index is 2.14. The molecular weight excluding hydrogens is 348 g/mol. The monoisotopic (exact) mass is 368 g/mol. The standard InChI is InChI=1S/C20H20N2O3S/c1-4-25-19(24)14(3)22-16-10-5-6-11-17(16)26-20(22)21-18(23)15-9-7-8-13(2)12-15/h5-12,14H,4H2,1-3H3. The number of hydrogen-bond acceptors (Lipinski definition) is 4. The van der Waals surface area contributed by atoms with Gasteiger partial charge in [0.15, 0.2) is 4.80 Å². The lowest BCUT2D eigenvalue weighted by molar-refractivity contribution is -0.146. The van der Waals surface area contributed by atoms with Crippen LogP contribution >= 0.6 is 11.3 Å². The zero-order valence-electron chi connectivity index (χ0n) is 14.9. The number of benzene rings is 2. The summed E-state index contributed by atoms with van der Waals surface area (Å²) in [5.41, 5.74) is 2.38. The number of carbonyl (C=O) groups is 2. The van der Waals surface area contributed by atoms with Crippen molar-refractivity contribution in [2.24, 2.45) is 4.99 Å². The lowest BCUT2D eigenvalue weighted by Gasteiger charge is -2.13. The van der Waals surface area contributed by atoms with E-state index in [1.807, 2.05) is 43.3 Å². The molecule has 1 heterocycles. The number of esters is 1. The highest BCUT2D eigenvalue weighted by atomic mass is 32.1. The summed E-state index contributed by atoms with van der Waals surface area (Å²) < 4.78 is 7.88. The largest absolute Gasteiger partial charge is 0.464 e. The van der Waals surface area contributed by atoms with Crippen LogP contribution < -0.4 is 4.80 Å². The van der Waals surface area contributed by atoms with Gasteiger partial charge in [-0.15, -0.1) is 0 Å². The Morgan fingerprint density at radius 2 is 1.96 bits per heavy atom. The Bertz CT molecular complexity index is 1030. The molecule has 1 aromatic heterocycles. The fraction of sp³-hybridized carbons (Fsp3) is 0.250. The molecule has 2 aromatic carbocycles. The number of para-hydroxylation sites is 1. The topological polar surface area (TPSA) is 60.7 Å². The van der Waals surface area contributed by atoms with Gasteiger partial charge in [-0.25, -0.2) is 4.79 Å². The number of ether oxygens (including phenoxy) is 1. The number of nitrogens with zero attached hydrogens (tertiary/aromatic N) is 2. The first-order valence-electron chi connectivity index (χ1n) is 8.43. The van der Waals surface area contributed by atoms with Crippen molar-refractivity contribution in [3.63, 3.8) is 0 Å². The van der Waals surface area contributed by atoms with Crippen molar-refractivity contribution in [3.05, 3.63) is 64.5 Å². The SMILES string of the molecule is CCOC(=O)C(C)n1c(=NC(=O)c2cccc(C)c2)sc2ccccc21. The van der Waals surface area contributed by atoms with Crippen molar-refractivity contribution in [2.45, 2.75) is 26.8 Å². The van der Waals surface area contributed by atoms with E-state index < -0.39 is 6.04 Å². The first-order valence-corrected chi connectivity index (χ1v) is 9.25. The number of hydrogen-bond donors (Lipinski definition) is 0. The van der Waals surface area contributed by atoms with E-state index in [-0.39, 0.29) is 11.9 Å². The fourth-order valence-corrected chi connectivity index (χ4v) is 3.84. The summed E-state index contributed by atoms with van der Waals surface area (Å²) in [6, 6.07) is 14.4. The van der Waals surface area contributed by atoms with Gasteiger partial charge in [0.05, 0.1) is 16.8 Å². The molecule has 6 heteroatoms. The molecule has 0 saturated heterocycles. The van der Waals surface area contributed by atoms with Crippen LogP contribution in [0.15, 0.2) is 53.5 Å². The third-order valence-electron chi connectivity index (χ3n) is 4.01. The smallest absolute Gasteiger partial charge is 0.328 e. The van der Waals surface area contributed by atoms with E-state index in [2.05, 4.69) is 4.99 Å². The van der Waals surface area contributed by atoms with Gasteiger partial charge >= 0.3 is 5.97 Å². The van der Waals surface area contributed by atoms with E-state index in [9.17, 15) is 9.59 Å². The van der Waals surface area contributed by atoms with Gasteiger partial charge in [-0.3, -0.25) is 4.79 Å². The van der Waals surface area contributed by atoms with Gasteiger partial charge in [0.25, 0.3) is 5.91 Å². The average molecular weight is 368 g/mol. The lowest BCUT2D eigenvalue weighted by atomic mass is 10.1. The predicted octanol–water partition coefficient (Wildman–Crippen LogP) is 3.88. The van der Waals surface area contributed by atoms with E-state index in [0.717, 1.165) is 15.8 Å². The molecule has 1 atom stereocenters. The van der Waals surface area contributed by atoms with Crippen LogP contribution in [0.25, 0.3) is 10.2 Å². The summed E-state index contributed by atoms with van der Waals surface area (Å²) in [5, 5.41) is 0. The summed E-state index contributed by atoms with van der Waals surface area (Å²) in [5.74, 6) is -0.675.